The molecule has 2 aromatic heterocycles. The molecule has 1 aliphatic heterocycles. The molecule has 1 aliphatic rings. The van der Waals surface area contributed by atoms with E-state index in [1.165, 1.54) is 10.9 Å². The first-order chi connectivity index (χ1) is 12.6. The average Bonchev–Trinajstić information content (AvgIpc) is 3.32. The molecular formula is C19H21N5O2. The number of rotatable bonds is 4. The summed E-state index contributed by atoms with van der Waals surface area (Å²) in [5.74, 6) is 0.102. The zero-order valence-corrected chi connectivity index (χ0v) is 14.8. The minimum atomic E-state index is -0.164. The van der Waals surface area contributed by atoms with E-state index in [0.717, 1.165) is 37.2 Å². The van der Waals surface area contributed by atoms with Gasteiger partial charge in [-0.25, -0.2) is 9.67 Å². The molecule has 0 saturated carbocycles. The lowest BCUT2D eigenvalue weighted by molar-refractivity contribution is -0.130. The van der Waals surface area contributed by atoms with Gasteiger partial charge in [0.05, 0.1) is 18.2 Å². The van der Waals surface area contributed by atoms with E-state index in [2.05, 4.69) is 10.1 Å². The van der Waals surface area contributed by atoms with Crippen molar-refractivity contribution < 1.29 is 4.79 Å². The van der Waals surface area contributed by atoms with E-state index in [-0.39, 0.29) is 11.5 Å². The number of carbonyl (C=O) groups excluding carboxylic acids is 1. The molecule has 3 aromatic rings. The van der Waals surface area contributed by atoms with Crippen LogP contribution < -0.4 is 5.56 Å². The zero-order chi connectivity index (χ0) is 18.1. The summed E-state index contributed by atoms with van der Waals surface area (Å²) in [6, 6.07) is 7.88. The minimum absolute atomic E-state index is 0.102. The second-order valence-corrected chi connectivity index (χ2v) is 6.71. The smallest absolute Gasteiger partial charge is 0.264 e. The van der Waals surface area contributed by atoms with Crippen LogP contribution in [0, 0.1) is 6.92 Å². The topological polar surface area (TPSA) is 73.0 Å². The predicted octanol–water partition coefficient (Wildman–Crippen LogP) is 1.90. The van der Waals surface area contributed by atoms with E-state index in [9.17, 15) is 9.59 Å². The summed E-state index contributed by atoms with van der Waals surface area (Å²) in [5, 5.41) is 4.78. The summed E-state index contributed by atoms with van der Waals surface area (Å²) in [4.78, 5) is 31.2. The Labute approximate surface area is 150 Å². The van der Waals surface area contributed by atoms with Gasteiger partial charge in [0.15, 0.2) is 5.65 Å². The Morgan fingerprint density at radius 3 is 2.62 bits per heavy atom. The van der Waals surface area contributed by atoms with Crippen molar-refractivity contribution in [2.75, 3.05) is 13.1 Å². The van der Waals surface area contributed by atoms with E-state index >= 15 is 0 Å². The van der Waals surface area contributed by atoms with Gasteiger partial charge in [-0.3, -0.25) is 14.2 Å². The number of aryl methyl sites for hydroxylation is 2. The van der Waals surface area contributed by atoms with Crippen LogP contribution in [0.5, 0.6) is 0 Å². The largest absolute Gasteiger partial charge is 0.343 e. The van der Waals surface area contributed by atoms with Crippen LogP contribution in [0.25, 0.3) is 16.7 Å². The Hall–Kier alpha value is -2.96. The molecule has 0 N–H and O–H groups in total. The number of fused-ring (bicyclic) bond motifs is 1. The summed E-state index contributed by atoms with van der Waals surface area (Å²) >= 11 is 0. The SMILES string of the molecule is Cc1ccc(-n2ncc3c(=O)n(CCC(=O)N4CCCC4)cnc32)cc1. The molecule has 1 fully saturated rings. The molecule has 7 heteroatoms. The number of likely N-dealkylation sites (tertiary alicyclic amines) is 1. The van der Waals surface area contributed by atoms with Gasteiger partial charge in [-0.1, -0.05) is 17.7 Å². The van der Waals surface area contributed by atoms with Crippen LogP contribution in [0.1, 0.15) is 24.8 Å². The van der Waals surface area contributed by atoms with Gasteiger partial charge in [-0.15, -0.1) is 0 Å². The number of benzene rings is 1. The third kappa shape index (κ3) is 3.00. The monoisotopic (exact) mass is 351 g/mol. The summed E-state index contributed by atoms with van der Waals surface area (Å²) in [5.41, 5.74) is 2.38. The van der Waals surface area contributed by atoms with E-state index in [1.807, 2.05) is 36.1 Å². The maximum absolute atomic E-state index is 12.7. The number of hydrogen-bond donors (Lipinski definition) is 0. The number of carbonyl (C=O) groups is 1. The Kier molecular flexibility index (Phi) is 4.28. The quantitative estimate of drug-likeness (QED) is 0.720. The average molecular weight is 351 g/mol. The van der Waals surface area contributed by atoms with Crippen molar-refractivity contribution in [1.29, 1.82) is 0 Å². The lowest BCUT2D eigenvalue weighted by Crippen LogP contribution is -2.30. The highest BCUT2D eigenvalue weighted by molar-refractivity contribution is 5.77. The molecule has 0 bridgehead atoms. The molecular weight excluding hydrogens is 330 g/mol. The first-order valence-corrected chi connectivity index (χ1v) is 8.91. The molecule has 1 amide bonds. The van der Waals surface area contributed by atoms with Gasteiger partial charge in [0.25, 0.3) is 5.56 Å². The maximum atomic E-state index is 12.7. The van der Waals surface area contributed by atoms with Crippen LogP contribution in [-0.4, -0.2) is 43.2 Å². The molecule has 3 heterocycles. The second kappa shape index (κ2) is 6.74. The lowest BCUT2D eigenvalue weighted by Gasteiger charge is -2.15. The maximum Gasteiger partial charge on any atom is 0.264 e. The van der Waals surface area contributed by atoms with Crippen LogP contribution in [0.3, 0.4) is 0 Å². The van der Waals surface area contributed by atoms with E-state index in [1.54, 1.807) is 10.9 Å². The van der Waals surface area contributed by atoms with Crippen molar-refractivity contribution in [3.05, 3.63) is 52.7 Å². The molecule has 7 nitrogen and oxygen atoms in total. The molecule has 0 atom stereocenters. The van der Waals surface area contributed by atoms with Gasteiger partial charge in [-0.05, 0) is 31.9 Å². The van der Waals surface area contributed by atoms with Gasteiger partial charge in [0.1, 0.15) is 5.39 Å². The Bertz CT molecular complexity index is 997. The summed E-state index contributed by atoms with van der Waals surface area (Å²) < 4.78 is 3.16. The standard InChI is InChI=1S/C19H21N5O2/c1-14-4-6-15(7-5-14)24-18-16(12-21-24)19(26)23(13-20-18)11-8-17(25)22-9-2-3-10-22/h4-7,12-13H,2-3,8-11H2,1H3. The van der Waals surface area contributed by atoms with Crippen LogP contribution in [0.15, 0.2) is 41.6 Å². The van der Waals surface area contributed by atoms with Crippen molar-refractivity contribution in [2.24, 2.45) is 0 Å². The lowest BCUT2D eigenvalue weighted by atomic mass is 10.2. The van der Waals surface area contributed by atoms with Crippen LogP contribution in [0.2, 0.25) is 0 Å². The molecule has 134 valence electrons. The normalized spacial score (nSPS) is 14.3. The number of hydrogen-bond acceptors (Lipinski definition) is 4. The highest BCUT2D eigenvalue weighted by atomic mass is 16.2. The fourth-order valence-corrected chi connectivity index (χ4v) is 3.32. The van der Waals surface area contributed by atoms with Crippen molar-refractivity contribution in [3.8, 4) is 5.69 Å². The first-order valence-electron chi connectivity index (χ1n) is 8.91. The predicted molar refractivity (Wildman–Crippen MR) is 98.3 cm³/mol. The molecule has 0 radical (unpaired) electrons. The van der Waals surface area contributed by atoms with E-state index in [4.69, 9.17) is 0 Å². The number of aromatic nitrogens is 4. The van der Waals surface area contributed by atoms with Crippen LogP contribution in [0.4, 0.5) is 0 Å². The van der Waals surface area contributed by atoms with E-state index < -0.39 is 0 Å². The van der Waals surface area contributed by atoms with Crippen molar-refractivity contribution in [2.45, 2.75) is 32.7 Å². The van der Waals surface area contributed by atoms with Crippen molar-refractivity contribution >= 4 is 16.9 Å². The molecule has 1 saturated heterocycles. The first kappa shape index (κ1) is 16.5. The van der Waals surface area contributed by atoms with Gasteiger partial charge < -0.3 is 4.90 Å². The van der Waals surface area contributed by atoms with Gasteiger partial charge in [0, 0.05) is 26.1 Å². The minimum Gasteiger partial charge on any atom is -0.343 e. The summed E-state index contributed by atoms with van der Waals surface area (Å²) in [7, 11) is 0. The van der Waals surface area contributed by atoms with Crippen molar-refractivity contribution in [3.63, 3.8) is 0 Å². The van der Waals surface area contributed by atoms with Crippen LogP contribution in [-0.2, 0) is 11.3 Å². The highest BCUT2D eigenvalue weighted by Crippen LogP contribution is 2.14. The number of nitrogens with zero attached hydrogens (tertiary/aromatic N) is 5. The summed E-state index contributed by atoms with van der Waals surface area (Å²) in [6.45, 7) is 4.01. The Balaban J connectivity index is 1.58. The molecule has 0 aliphatic carbocycles. The third-order valence-corrected chi connectivity index (χ3v) is 4.86. The second-order valence-electron chi connectivity index (χ2n) is 6.71. The van der Waals surface area contributed by atoms with Gasteiger partial charge in [0.2, 0.25) is 5.91 Å². The fraction of sp³-hybridized carbons (Fsp3) is 0.368. The van der Waals surface area contributed by atoms with E-state index in [0.29, 0.717) is 24.0 Å². The van der Waals surface area contributed by atoms with Gasteiger partial charge in [-0.2, -0.15) is 5.10 Å². The molecule has 0 spiro atoms. The zero-order valence-electron chi connectivity index (χ0n) is 14.8. The fourth-order valence-electron chi connectivity index (χ4n) is 3.32. The third-order valence-electron chi connectivity index (χ3n) is 4.86. The molecule has 0 unspecified atom stereocenters. The van der Waals surface area contributed by atoms with Gasteiger partial charge >= 0.3 is 0 Å². The summed E-state index contributed by atoms with van der Waals surface area (Å²) in [6.07, 6.45) is 5.51. The highest BCUT2D eigenvalue weighted by Gasteiger charge is 2.18. The number of amides is 1. The molecule has 26 heavy (non-hydrogen) atoms. The van der Waals surface area contributed by atoms with Crippen LogP contribution >= 0.6 is 0 Å². The Morgan fingerprint density at radius 1 is 1.15 bits per heavy atom. The molecule has 4 rings (SSSR count). The molecule has 1 aromatic carbocycles. The Morgan fingerprint density at radius 2 is 1.88 bits per heavy atom. The van der Waals surface area contributed by atoms with Crippen molar-refractivity contribution in [1.82, 2.24) is 24.2 Å².